The Morgan fingerprint density at radius 3 is 2.12 bits per heavy atom. The van der Waals surface area contributed by atoms with Gasteiger partial charge in [0.25, 0.3) is 5.91 Å². The van der Waals surface area contributed by atoms with Crippen molar-refractivity contribution in [2.45, 2.75) is 104 Å². The first-order valence-electron chi connectivity index (χ1n) is 13.5. The van der Waals surface area contributed by atoms with E-state index in [-0.39, 0.29) is 18.2 Å². The summed E-state index contributed by atoms with van der Waals surface area (Å²) in [4.78, 5) is 54.0. The average molecular weight is 579 g/mol. The number of thioether (sulfide) groups is 1. The van der Waals surface area contributed by atoms with Crippen LogP contribution in [0.15, 0.2) is 30.3 Å². The van der Waals surface area contributed by atoms with E-state index in [9.17, 15) is 24.3 Å². The minimum absolute atomic E-state index is 0.155. The number of carbonyl (C=O) groups excluding carboxylic acids is 4. The van der Waals surface area contributed by atoms with Gasteiger partial charge in [0.2, 0.25) is 11.8 Å². The first-order valence-corrected chi connectivity index (χ1v) is 14.7. The Balaban J connectivity index is 2.31. The number of benzene rings is 1. The molecule has 0 aliphatic carbocycles. The molecule has 0 unspecified atom stereocenters. The summed E-state index contributed by atoms with van der Waals surface area (Å²) in [5.74, 6) is -0.857. The fraction of sp³-hybridized carbons (Fsp3) is 0.655. The number of ether oxygens (including phenoxy) is 1. The van der Waals surface area contributed by atoms with Crippen molar-refractivity contribution in [2.75, 3.05) is 11.6 Å². The molecule has 11 heteroatoms. The van der Waals surface area contributed by atoms with E-state index in [1.807, 2.05) is 51.1 Å². The molecule has 4 amide bonds. The van der Waals surface area contributed by atoms with Gasteiger partial charge >= 0.3 is 6.09 Å². The molecule has 1 fully saturated rings. The number of rotatable bonds is 8. The van der Waals surface area contributed by atoms with Gasteiger partial charge in [-0.1, -0.05) is 51.1 Å². The van der Waals surface area contributed by atoms with E-state index >= 15 is 0 Å². The zero-order valence-corrected chi connectivity index (χ0v) is 26.0. The molecule has 1 aromatic rings. The molecule has 4 atom stereocenters. The second kappa shape index (κ2) is 13.2. The van der Waals surface area contributed by atoms with Crippen LogP contribution in [0.1, 0.15) is 67.9 Å². The number of aliphatic hydroxyl groups excluding tert-OH is 1. The van der Waals surface area contributed by atoms with Crippen LogP contribution in [-0.2, 0) is 25.5 Å². The van der Waals surface area contributed by atoms with E-state index in [1.54, 1.807) is 41.5 Å². The second-order valence-electron chi connectivity index (χ2n) is 13.3. The topological polar surface area (TPSA) is 137 Å². The summed E-state index contributed by atoms with van der Waals surface area (Å²) < 4.78 is 5.36. The van der Waals surface area contributed by atoms with Gasteiger partial charge in [-0.3, -0.25) is 14.4 Å². The maximum atomic E-state index is 13.6. The van der Waals surface area contributed by atoms with Gasteiger partial charge in [0.1, 0.15) is 17.7 Å². The minimum Gasteiger partial charge on any atom is -0.444 e. The van der Waals surface area contributed by atoms with Crippen LogP contribution in [0, 0.1) is 5.41 Å². The molecule has 10 nitrogen and oxygen atoms in total. The van der Waals surface area contributed by atoms with Gasteiger partial charge in [-0.15, -0.1) is 11.8 Å². The average Bonchev–Trinajstić information content (AvgIpc) is 3.29. The van der Waals surface area contributed by atoms with Crippen molar-refractivity contribution in [3.63, 3.8) is 0 Å². The summed E-state index contributed by atoms with van der Waals surface area (Å²) in [5, 5.41) is 19.7. The maximum Gasteiger partial charge on any atom is 0.408 e. The molecule has 1 aliphatic rings. The summed E-state index contributed by atoms with van der Waals surface area (Å²) in [6.45, 7) is 16.1. The molecule has 224 valence electrons. The number of hydrogen-bond donors (Lipinski definition) is 4. The smallest absolute Gasteiger partial charge is 0.408 e. The Kier molecular flexibility index (Phi) is 11.1. The van der Waals surface area contributed by atoms with E-state index in [2.05, 4.69) is 16.0 Å². The molecule has 1 heterocycles. The highest BCUT2D eigenvalue weighted by Gasteiger charge is 2.42. The number of alkyl carbamates (subject to hydrolysis) is 1. The molecule has 1 saturated heterocycles. The van der Waals surface area contributed by atoms with Gasteiger partial charge in [-0.2, -0.15) is 0 Å². The third kappa shape index (κ3) is 10.3. The first kappa shape index (κ1) is 33.4. The maximum absolute atomic E-state index is 13.6. The van der Waals surface area contributed by atoms with Gasteiger partial charge in [-0.25, -0.2) is 4.79 Å². The lowest BCUT2D eigenvalue weighted by molar-refractivity contribution is -0.147. The fourth-order valence-electron chi connectivity index (χ4n) is 4.15. The third-order valence-corrected chi connectivity index (χ3v) is 7.03. The molecule has 2 rings (SSSR count). The molecule has 1 aromatic carbocycles. The molecule has 0 spiro atoms. The molecule has 0 radical (unpaired) electrons. The van der Waals surface area contributed by atoms with Crippen LogP contribution in [0.3, 0.4) is 0 Å². The van der Waals surface area contributed by atoms with Crippen molar-refractivity contribution in [3.8, 4) is 0 Å². The van der Waals surface area contributed by atoms with Gasteiger partial charge in [0.15, 0.2) is 6.10 Å². The Morgan fingerprint density at radius 1 is 1.00 bits per heavy atom. The van der Waals surface area contributed by atoms with Crippen molar-refractivity contribution >= 4 is 35.6 Å². The molecule has 0 saturated carbocycles. The van der Waals surface area contributed by atoms with Crippen LogP contribution >= 0.6 is 11.8 Å². The molecular formula is C29H46N4O6S. The predicted octanol–water partition coefficient (Wildman–Crippen LogP) is 2.83. The van der Waals surface area contributed by atoms with E-state index in [0.717, 1.165) is 5.56 Å². The van der Waals surface area contributed by atoms with Crippen LogP contribution in [0.25, 0.3) is 0 Å². The monoisotopic (exact) mass is 578 g/mol. The standard InChI is InChI=1S/C29H46N4O6S/c1-27(2,3)22(31-26(38)39-29(7,8)9)24(36)30-19(15-18-13-11-10-12-14-18)21(34)25(37)33-17-40-16-20(33)23(35)32-28(4,5)6/h10-14,19-22,34H,15-17H2,1-9H3,(H,30,36)(H,31,38)(H,32,35)/t19-,20-,21-,22+/m0/s1. The highest BCUT2D eigenvalue weighted by Crippen LogP contribution is 2.25. The third-order valence-electron chi connectivity index (χ3n) is 6.02. The summed E-state index contributed by atoms with van der Waals surface area (Å²) in [6, 6.07) is 6.39. The Morgan fingerprint density at radius 2 is 1.60 bits per heavy atom. The highest BCUT2D eigenvalue weighted by atomic mass is 32.2. The van der Waals surface area contributed by atoms with E-state index in [4.69, 9.17) is 4.74 Å². The number of aliphatic hydroxyl groups is 1. The van der Waals surface area contributed by atoms with Crippen molar-refractivity contribution in [1.29, 1.82) is 0 Å². The number of hydrogen-bond acceptors (Lipinski definition) is 7. The zero-order chi connectivity index (χ0) is 30.5. The van der Waals surface area contributed by atoms with E-state index < -0.39 is 58.7 Å². The lowest BCUT2D eigenvalue weighted by atomic mass is 9.85. The van der Waals surface area contributed by atoms with Gasteiger partial charge in [0.05, 0.1) is 11.9 Å². The van der Waals surface area contributed by atoms with E-state index in [1.165, 1.54) is 16.7 Å². The van der Waals surface area contributed by atoms with E-state index in [0.29, 0.717) is 5.75 Å². The Hall–Kier alpha value is -2.79. The number of nitrogens with zero attached hydrogens (tertiary/aromatic N) is 1. The summed E-state index contributed by atoms with van der Waals surface area (Å²) >= 11 is 1.42. The van der Waals surface area contributed by atoms with Crippen molar-refractivity contribution in [1.82, 2.24) is 20.9 Å². The first-order chi connectivity index (χ1) is 18.3. The number of amides is 4. The Bertz CT molecular complexity index is 1050. The summed E-state index contributed by atoms with van der Waals surface area (Å²) in [6.07, 6.45) is -2.22. The van der Waals surface area contributed by atoms with Crippen LogP contribution < -0.4 is 16.0 Å². The normalized spacial score (nSPS) is 18.4. The molecular weight excluding hydrogens is 532 g/mol. The molecule has 0 bridgehead atoms. The van der Waals surface area contributed by atoms with Crippen molar-refractivity contribution in [2.24, 2.45) is 5.41 Å². The van der Waals surface area contributed by atoms with Crippen molar-refractivity contribution in [3.05, 3.63) is 35.9 Å². The van der Waals surface area contributed by atoms with Crippen LogP contribution in [0.5, 0.6) is 0 Å². The van der Waals surface area contributed by atoms with Gasteiger partial charge in [0, 0.05) is 11.3 Å². The van der Waals surface area contributed by atoms with Crippen molar-refractivity contribution < 1.29 is 29.0 Å². The molecule has 4 N–H and O–H groups in total. The number of nitrogens with one attached hydrogen (secondary N) is 3. The summed E-state index contributed by atoms with van der Waals surface area (Å²) in [7, 11) is 0. The number of carbonyl (C=O) groups is 4. The van der Waals surface area contributed by atoms with Gasteiger partial charge in [-0.05, 0) is 58.9 Å². The van der Waals surface area contributed by atoms with Crippen LogP contribution in [0.4, 0.5) is 4.79 Å². The molecule has 40 heavy (non-hydrogen) atoms. The molecule has 0 aromatic heterocycles. The quantitative estimate of drug-likeness (QED) is 0.372. The van der Waals surface area contributed by atoms with Crippen LogP contribution in [-0.4, -0.2) is 80.8 Å². The second-order valence-corrected chi connectivity index (χ2v) is 14.3. The Labute approximate surface area is 242 Å². The zero-order valence-electron chi connectivity index (χ0n) is 25.2. The fourth-order valence-corrected chi connectivity index (χ4v) is 5.31. The highest BCUT2D eigenvalue weighted by molar-refractivity contribution is 7.99. The predicted molar refractivity (Wildman–Crippen MR) is 157 cm³/mol. The summed E-state index contributed by atoms with van der Waals surface area (Å²) in [5.41, 5.74) is -1.16. The van der Waals surface area contributed by atoms with Gasteiger partial charge < -0.3 is 30.7 Å². The lowest BCUT2D eigenvalue weighted by Crippen LogP contribution is -2.61. The SMILES string of the molecule is CC(C)(C)NC(=O)[C@@H]1CSCN1C(=O)[C@@H](O)[C@H](Cc1ccccc1)NC(=O)[C@@H](NC(=O)OC(C)(C)C)C(C)(C)C. The lowest BCUT2D eigenvalue weighted by Gasteiger charge is -2.34. The molecule has 1 aliphatic heterocycles. The largest absolute Gasteiger partial charge is 0.444 e. The van der Waals surface area contributed by atoms with Crippen LogP contribution in [0.2, 0.25) is 0 Å². The minimum atomic E-state index is -1.63.